The highest BCUT2D eigenvalue weighted by Gasteiger charge is 2.35. The summed E-state index contributed by atoms with van der Waals surface area (Å²) in [5.74, 6) is -0.595. The second-order valence-electron chi connectivity index (χ2n) is 7.17. The molecule has 1 saturated heterocycles. The van der Waals surface area contributed by atoms with Gasteiger partial charge in [0.25, 0.3) is 5.91 Å². The SMILES string of the molecule is C=CCn1cc(/C=C2/NC(=O)N(CC(=O)Nc3ccccc3OC)C2=O)c2ccccc21. The molecule has 0 spiro atoms. The van der Waals surface area contributed by atoms with Crippen LogP contribution < -0.4 is 15.4 Å². The first-order valence-corrected chi connectivity index (χ1v) is 9.98. The maximum absolute atomic E-state index is 12.8. The number of rotatable bonds is 7. The lowest BCUT2D eigenvalue weighted by molar-refractivity contribution is -0.127. The number of amides is 4. The Labute approximate surface area is 184 Å². The van der Waals surface area contributed by atoms with Crippen LogP contribution in [0.25, 0.3) is 17.0 Å². The lowest BCUT2D eigenvalue weighted by atomic mass is 10.1. The number of carbonyl (C=O) groups excluding carboxylic acids is 3. The molecule has 1 fully saturated rings. The Hall–Kier alpha value is -4.33. The van der Waals surface area contributed by atoms with Gasteiger partial charge in [-0.05, 0) is 24.3 Å². The van der Waals surface area contributed by atoms with Crippen LogP contribution >= 0.6 is 0 Å². The molecule has 2 heterocycles. The van der Waals surface area contributed by atoms with Crippen LogP contribution in [0.4, 0.5) is 10.5 Å². The van der Waals surface area contributed by atoms with Crippen molar-refractivity contribution in [3.8, 4) is 5.75 Å². The number of hydrogen-bond acceptors (Lipinski definition) is 4. The van der Waals surface area contributed by atoms with Gasteiger partial charge in [-0.1, -0.05) is 36.4 Å². The van der Waals surface area contributed by atoms with Gasteiger partial charge in [-0.2, -0.15) is 0 Å². The first kappa shape index (κ1) is 20.9. The van der Waals surface area contributed by atoms with Crippen molar-refractivity contribution in [3.63, 3.8) is 0 Å². The monoisotopic (exact) mass is 430 g/mol. The largest absolute Gasteiger partial charge is 0.495 e. The summed E-state index contributed by atoms with van der Waals surface area (Å²) in [5, 5.41) is 6.17. The average molecular weight is 430 g/mol. The maximum Gasteiger partial charge on any atom is 0.329 e. The molecule has 3 aromatic rings. The van der Waals surface area contributed by atoms with E-state index < -0.39 is 24.4 Å². The Bertz CT molecular complexity index is 1260. The number of urea groups is 1. The number of nitrogens with zero attached hydrogens (tertiary/aromatic N) is 2. The van der Waals surface area contributed by atoms with Crippen LogP contribution in [0.2, 0.25) is 0 Å². The number of allylic oxidation sites excluding steroid dienone is 1. The number of methoxy groups -OCH3 is 1. The topological polar surface area (TPSA) is 92.7 Å². The van der Waals surface area contributed by atoms with E-state index in [1.165, 1.54) is 7.11 Å². The van der Waals surface area contributed by atoms with Crippen LogP contribution in [0, 0.1) is 0 Å². The molecule has 0 unspecified atom stereocenters. The molecule has 2 N–H and O–H groups in total. The van der Waals surface area contributed by atoms with E-state index in [9.17, 15) is 14.4 Å². The molecule has 2 aromatic carbocycles. The van der Waals surface area contributed by atoms with Crippen molar-refractivity contribution in [2.45, 2.75) is 6.54 Å². The third-order valence-corrected chi connectivity index (χ3v) is 5.09. The minimum absolute atomic E-state index is 0.113. The molecule has 8 heteroatoms. The number of nitrogens with one attached hydrogen (secondary N) is 2. The summed E-state index contributed by atoms with van der Waals surface area (Å²) in [4.78, 5) is 38.6. The van der Waals surface area contributed by atoms with Crippen molar-refractivity contribution in [1.29, 1.82) is 0 Å². The summed E-state index contributed by atoms with van der Waals surface area (Å²) in [5.41, 5.74) is 2.34. The molecule has 0 saturated carbocycles. The van der Waals surface area contributed by atoms with Crippen LogP contribution in [0.5, 0.6) is 5.75 Å². The van der Waals surface area contributed by atoms with Gasteiger partial charge in [0, 0.05) is 29.2 Å². The van der Waals surface area contributed by atoms with Crippen molar-refractivity contribution < 1.29 is 19.1 Å². The van der Waals surface area contributed by atoms with Crippen LogP contribution in [0.1, 0.15) is 5.56 Å². The van der Waals surface area contributed by atoms with Gasteiger partial charge < -0.3 is 19.9 Å². The summed E-state index contributed by atoms with van der Waals surface area (Å²) >= 11 is 0. The highest BCUT2D eigenvalue weighted by Crippen LogP contribution is 2.25. The Kier molecular flexibility index (Phi) is 5.76. The third-order valence-electron chi connectivity index (χ3n) is 5.09. The van der Waals surface area contributed by atoms with Crippen LogP contribution in [0.3, 0.4) is 0 Å². The lowest BCUT2D eigenvalue weighted by Gasteiger charge is -2.13. The molecule has 1 aliphatic rings. The summed E-state index contributed by atoms with van der Waals surface area (Å²) in [7, 11) is 1.49. The van der Waals surface area contributed by atoms with Gasteiger partial charge in [-0.25, -0.2) is 9.69 Å². The van der Waals surface area contributed by atoms with E-state index in [1.54, 1.807) is 36.4 Å². The minimum Gasteiger partial charge on any atom is -0.495 e. The molecule has 0 atom stereocenters. The number of ether oxygens (including phenoxy) is 1. The van der Waals surface area contributed by atoms with Crippen molar-refractivity contribution in [2.75, 3.05) is 19.0 Å². The zero-order valence-corrected chi connectivity index (χ0v) is 17.5. The standard InChI is InChI=1S/C24H22N4O4/c1-3-12-27-14-16(17-8-4-6-10-20(17)27)13-19-23(30)28(24(31)26-19)15-22(29)25-18-9-5-7-11-21(18)32-2/h3-11,13-14H,1,12,15H2,2H3,(H,25,29)(H,26,31)/b19-13+. The Morgan fingerprint density at radius 2 is 1.91 bits per heavy atom. The van der Waals surface area contributed by atoms with E-state index in [1.807, 2.05) is 35.0 Å². The molecule has 4 amide bonds. The second-order valence-corrected chi connectivity index (χ2v) is 7.17. The van der Waals surface area contributed by atoms with Gasteiger partial charge in [0.2, 0.25) is 5.91 Å². The first-order valence-electron chi connectivity index (χ1n) is 9.98. The molecule has 0 radical (unpaired) electrons. The molecule has 32 heavy (non-hydrogen) atoms. The molecule has 1 aromatic heterocycles. The van der Waals surface area contributed by atoms with Gasteiger partial charge in [0.05, 0.1) is 12.8 Å². The fourth-order valence-electron chi connectivity index (χ4n) is 3.63. The fraction of sp³-hybridized carbons (Fsp3) is 0.125. The number of imide groups is 1. The van der Waals surface area contributed by atoms with E-state index >= 15 is 0 Å². The zero-order valence-electron chi connectivity index (χ0n) is 17.5. The fourth-order valence-corrected chi connectivity index (χ4v) is 3.63. The van der Waals surface area contributed by atoms with E-state index in [0.29, 0.717) is 18.0 Å². The lowest BCUT2D eigenvalue weighted by Crippen LogP contribution is -2.38. The molecule has 4 rings (SSSR count). The molecular weight excluding hydrogens is 408 g/mol. The van der Waals surface area contributed by atoms with Gasteiger partial charge in [0.1, 0.15) is 18.0 Å². The van der Waals surface area contributed by atoms with E-state index in [2.05, 4.69) is 17.2 Å². The highest BCUT2D eigenvalue weighted by molar-refractivity contribution is 6.16. The number of hydrogen-bond donors (Lipinski definition) is 2. The Balaban J connectivity index is 1.54. The van der Waals surface area contributed by atoms with Gasteiger partial charge >= 0.3 is 6.03 Å². The molecule has 0 aliphatic carbocycles. The smallest absolute Gasteiger partial charge is 0.329 e. The van der Waals surface area contributed by atoms with E-state index in [0.717, 1.165) is 21.4 Å². The van der Waals surface area contributed by atoms with Crippen LogP contribution in [0.15, 0.2) is 73.1 Å². The summed E-state index contributed by atoms with van der Waals surface area (Å²) in [6, 6.07) is 14.0. The van der Waals surface area contributed by atoms with Gasteiger partial charge in [-0.15, -0.1) is 6.58 Å². The van der Waals surface area contributed by atoms with Crippen LogP contribution in [-0.2, 0) is 16.1 Å². The molecule has 0 bridgehead atoms. The van der Waals surface area contributed by atoms with Gasteiger partial charge in [-0.3, -0.25) is 9.59 Å². The number of benzene rings is 2. The van der Waals surface area contributed by atoms with Crippen molar-refractivity contribution in [3.05, 3.63) is 78.6 Å². The van der Waals surface area contributed by atoms with Crippen molar-refractivity contribution >= 4 is 40.5 Å². The van der Waals surface area contributed by atoms with E-state index in [-0.39, 0.29) is 5.70 Å². The van der Waals surface area contributed by atoms with Gasteiger partial charge in [0.15, 0.2) is 0 Å². The summed E-state index contributed by atoms with van der Waals surface area (Å²) in [6.45, 7) is 3.97. The summed E-state index contributed by atoms with van der Waals surface area (Å²) < 4.78 is 7.21. The first-order chi connectivity index (χ1) is 15.5. The third kappa shape index (κ3) is 3.98. The molecule has 1 aliphatic heterocycles. The molecule has 8 nitrogen and oxygen atoms in total. The summed E-state index contributed by atoms with van der Waals surface area (Å²) in [6.07, 6.45) is 5.31. The number of para-hydroxylation sites is 3. The predicted molar refractivity (Wildman–Crippen MR) is 122 cm³/mol. The molecular formula is C24H22N4O4. The van der Waals surface area contributed by atoms with Crippen LogP contribution in [-0.4, -0.2) is 41.0 Å². The number of fused-ring (bicyclic) bond motifs is 1. The predicted octanol–water partition coefficient (Wildman–Crippen LogP) is 3.37. The molecule has 162 valence electrons. The Morgan fingerprint density at radius 3 is 2.69 bits per heavy atom. The number of carbonyl (C=O) groups is 3. The second kappa shape index (κ2) is 8.81. The minimum atomic E-state index is -0.647. The Morgan fingerprint density at radius 1 is 1.16 bits per heavy atom. The average Bonchev–Trinajstić information content (AvgIpc) is 3.27. The maximum atomic E-state index is 12.8. The quantitative estimate of drug-likeness (QED) is 0.342. The number of anilines is 1. The van der Waals surface area contributed by atoms with Crippen molar-refractivity contribution in [2.24, 2.45) is 0 Å². The highest BCUT2D eigenvalue weighted by atomic mass is 16.5. The zero-order chi connectivity index (χ0) is 22.7. The van der Waals surface area contributed by atoms with E-state index in [4.69, 9.17) is 4.74 Å². The van der Waals surface area contributed by atoms with Crippen molar-refractivity contribution in [1.82, 2.24) is 14.8 Å². The normalized spacial score (nSPS) is 14.7. The number of aromatic nitrogens is 1.